The zero-order chi connectivity index (χ0) is 24.2. The van der Waals surface area contributed by atoms with Crippen LogP contribution in [0.2, 0.25) is 0 Å². The van der Waals surface area contributed by atoms with E-state index >= 15 is 0 Å². The molecule has 1 unspecified atom stereocenters. The summed E-state index contributed by atoms with van der Waals surface area (Å²) in [6.07, 6.45) is 0.489. The van der Waals surface area contributed by atoms with E-state index in [0.29, 0.717) is 17.4 Å². The lowest BCUT2D eigenvalue weighted by molar-refractivity contribution is -0.121. The summed E-state index contributed by atoms with van der Waals surface area (Å²) in [5.74, 6) is 0.284. The second-order valence-electron chi connectivity index (χ2n) is 8.36. The van der Waals surface area contributed by atoms with Gasteiger partial charge in [-0.05, 0) is 55.7 Å². The van der Waals surface area contributed by atoms with Crippen LogP contribution in [0.15, 0.2) is 47.6 Å². The smallest absolute Gasteiger partial charge is 0.321 e. The maximum absolute atomic E-state index is 12.7. The number of rotatable bonds is 7. The van der Waals surface area contributed by atoms with E-state index in [1.807, 2.05) is 67.8 Å². The molecule has 3 aromatic rings. The number of carbonyl (C=O) groups excluding carboxylic acids is 3. The Hall–Kier alpha value is -3.66. The molecule has 1 aliphatic heterocycles. The number of hydrogen-bond acceptors (Lipinski definition) is 6. The van der Waals surface area contributed by atoms with Crippen molar-refractivity contribution in [1.29, 1.82) is 0 Å². The average molecular weight is 479 g/mol. The second-order valence-corrected chi connectivity index (χ2v) is 9.30. The zero-order valence-electron chi connectivity index (χ0n) is 19.2. The Morgan fingerprint density at radius 3 is 2.68 bits per heavy atom. The number of anilines is 1. The summed E-state index contributed by atoms with van der Waals surface area (Å²) in [4.78, 5) is 36.2. The number of benzene rings is 2. The number of nitrogens with zero attached hydrogens (tertiary/aromatic N) is 3. The first-order chi connectivity index (χ1) is 16.3. The van der Waals surface area contributed by atoms with Gasteiger partial charge in [-0.3, -0.25) is 19.5 Å². The van der Waals surface area contributed by atoms with Gasteiger partial charge >= 0.3 is 6.03 Å². The molecular formula is C24H26N6O3S. The standard InChI is InChI=1S/C24H26N6O3S/c1-14-5-4-6-18(9-14)30-20(11-17-12-21(31)27-23(33)25-17)28-29-24(30)34-13-22(32)26-19-10-15(2)7-8-16(19)3/h4-10,17H,11-13H2,1-3H3,(H,26,32)(H2,25,27,31,33). The highest BCUT2D eigenvalue weighted by Crippen LogP contribution is 2.25. The highest BCUT2D eigenvalue weighted by molar-refractivity contribution is 7.99. The number of aryl methyl sites for hydroxylation is 3. The van der Waals surface area contributed by atoms with Gasteiger partial charge in [0.25, 0.3) is 0 Å². The maximum Gasteiger partial charge on any atom is 0.321 e. The molecule has 2 aromatic carbocycles. The lowest BCUT2D eigenvalue weighted by Gasteiger charge is -2.23. The summed E-state index contributed by atoms with van der Waals surface area (Å²) in [6, 6.07) is 12.9. The quantitative estimate of drug-likeness (QED) is 0.449. The Kier molecular flexibility index (Phi) is 6.97. The normalized spacial score (nSPS) is 15.6. The van der Waals surface area contributed by atoms with Gasteiger partial charge in [0.2, 0.25) is 11.8 Å². The molecule has 1 fully saturated rings. The lowest BCUT2D eigenvalue weighted by Crippen LogP contribution is -2.53. The molecule has 0 saturated carbocycles. The van der Waals surface area contributed by atoms with Gasteiger partial charge in [-0.2, -0.15) is 0 Å². The molecule has 4 rings (SSSR count). The van der Waals surface area contributed by atoms with Gasteiger partial charge in [0.15, 0.2) is 5.16 Å². The van der Waals surface area contributed by atoms with Gasteiger partial charge in [-0.1, -0.05) is 36.0 Å². The first-order valence-corrected chi connectivity index (χ1v) is 11.9. The van der Waals surface area contributed by atoms with Crippen molar-refractivity contribution in [2.75, 3.05) is 11.1 Å². The van der Waals surface area contributed by atoms with E-state index in [4.69, 9.17) is 0 Å². The summed E-state index contributed by atoms with van der Waals surface area (Å²) < 4.78 is 1.88. The highest BCUT2D eigenvalue weighted by atomic mass is 32.2. The van der Waals surface area contributed by atoms with Crippen LogP contribution in [0.5, 0.6) is 0 Å². The minimum Gasteiger partial charge on any atom is -0.334 e. The van der Waals surface area contributed by atoms with Crippen molar-refractivity contribution >= 4 is 35.3 Å². The monoisotopic (exact) mass is 478 g/mol. The van der Waals surface area contributed by atoms with Crippen LogP contribution in [-0.2, 0) is 16.0 Å². The Bertz CT molecular complexity index is 1240. The minimum absolute atomic E-state index is 0.143. The lowest BCUT2D eigenvalue weighted by atomic mass is 10.1. The Labute approximate surface area is 201 Å². The van der Waals surface area contributed by atoms with Crippen molar-refractivity contribution < 1.29 is 14.4 Å². The minimum atomic E-state index is -0.513. The second kappa shape index (κ2) is 10.1. The molecule has 1 atom stereocenters. The van der Waals surface area contributed by atoms with Gasteiger partial charge < -0.3 is 10.6 Å². The molecule has 10 heteroatoms. The van der Waals surface area contributed by atoms with E-state index in [1.54, 1.807) is 0 Å². The van der Waals surface area contributed by atoms with Crippen LogP contribution < -0.4 is 16.0 Å². The number of amides is 4. The molecule has 1 saturated heterocycles. The number of hydrogen-bond donors (Lipinski definition) is 3. The van der Waals surface area contributed by atoms with E-state index in [-0.39, 0.29) is 30.0 Å². The van der Waals surface area contributed by atoms with Crippen molar-refractivity contribution in [1.82, 2.24) is 25.4 Å². The number of imide groups is 1. The number of aromatic nitrogens is 3. The van der Waals surface area contributed by atoms with E-state index in [9.17, 15) is 14.4 Å². The van der Waals surface area contributed by atoms with Gasteiger partial charge in [0.1, 0.15) is 5.82 Å². The molecule has 3 N–H and O–H groups in total. The fourth-order valence-electron chi connectivity index (χ4n) is 3.76. The third-order valence-electron chi connectivity index (χ3n) is 5.41. The molecule has 1 aliphatic rings. The topological polar surface area (TPSA) is 118 Å². The summed E-state index contributed by atoms with van der Waals surface area (Å²) in [6.45, 7) is 5.92. The summed E-state index contributed by atoms with van der Waals surface area (Å²) >= 11 is 1.28. The SMILES string of the molecule is Cc1cccc(-n2c(CC3CC(=O)NC(=O)N3)nnc2SCC(=O)Nc2cc(C)ccc2C)c1. The first kappa shape index (κ1) is 23.5. The molecule has 0 radical (unpaired) electrons. The van der Waals surface area contributed by atoms with E-state index in [0.717, 1.165) is 28.1 Å². The van der Waals surface area contributed by atoms with Crippen LogP contribution in [0.1, 0.15) is 28.9 Å². The van der Waals surface area contributed by atoms with Gasteiger partial charge in [0.05, 0.1) is 5.75 Å². The number of nitrogens with one attached hydrogen (secondary N) is 3. The van der Waals surface area contributed by atoms with Crippen molar-refractivity contribution in [2.45, 2.75) is 44.8 Å². The first-order valence-electron chi connectivity index (χ1n) is 10.9. The van der Waals surface area contributed by atoms with Crippen LogP contribution in [0.25, 0.3) is 5.69 Å². The molecule has 1 aromatic heterocycles. The molecule has 4 amide bonds. The van der Waals surface area contributed by atoms with Crippen LogP contribution in [0.3, 0.4) is 0 Å². The van der Waals surface area contributed by atoms with Crippen molar-refractivity contribution in [3.05, 3.63) is 65.0 Å². The van der Waals surface area contributed by atoms with Crippen molar-refractivity contribution in [2.24, 2.45) is 0 Å². The Morgan fingerprint density at radius 1 is 1.12 bits per heavy atom. The third-order valence-corrected chi connectivity index (χ3v) is 6.34. The highest BCUT2D eigenvalue weighted by Gasteiger charge is 2.27. The van der Waals surface area contributed by atoms with Crippen molar-refractivity contribution in [3.63, 3.8) is 0 Å². The molecule has 0 bridgehead atoms. The predicted octanol–water partition coefficient (Wildman–Crippen LogP) is 3.06. The van der Waals surface area contributed by atoms with Gasteiger partial charge in [-0.15, -0.1) is 10.2 Å². The molecular weight excluding hydrogens is 452 g/mol. The molecule has 2 heterocycles. The molecule has 176 valence electrons. The third kappa shape index (κ3) is 5.63. The van der Waals surface area contributed by atoms with Crippen LogP contribution >= 0.6 is 11.8 Å². The Morgan fingerprint density at radius 2 is 1.91 bits per heavy atom. The molecule has 0 spiro atoms. The molecule has 9 nitrogen and oxygen atoms in total. The maximum atomic E-state index is 12.7. The average Bonchev–Trinajstić information content (AvgIpc) is 3.16. The van der Waals surface area contributed by atoms with Crippen molar-refractivity contribution in [3.8, 4) is 5.69 Å². The van der Waals surface area contributed by atoms with E-state index < -0.39 is 6.03 Å². The Balaban J connectivity index is 1.54. The van der Waals surface area contributed by atoms with Gasteiger partial charge in [-0.25, -0.2) is 4.79 Å². The predicted molar refractivity (Wildman–Crippen MR) is 130 cm³/mol. The van der Waals surface area contributed by atoms with Gasteiger partial charge in [0, 0.05) is 30.3 Å². The summed E-state index contributed by atoms with van der Waals surface area (Å²) in [5.41, 5.74) is 4.77. The van der Waals surface area contributed by atoms with Crippen LogP contribution in [0.4, 0.5) is 10.5 Å². The van der Waals surface area contributed by atoms with E-state index in [1.165, 1.54) is 11.8 Å². The fraction of sp³-hybridized carbons (Fsp3) is 0.292. The molecule has 0 aliphatic carbocycles. The number of thioether (sulfide) groups is 1. The molecule has 34 heavy (non-hydrogen) atoms. The fourth-order valence-corrected chi connectivity index (χ4v) is 4.53. The number of urea groups is 1. The number of carbonyl (C=O) groups is 3. The zero-order valence-corrected chi connectivity index (χ0v) is 20.0. The van der Waals surface area contributed by atoms with E-state index in [2.05, 4.69) is 26.1 Å². The summed E-state index contributed by atoms with van der Waals surface area (Å²) in [5, 5.41) is 17.2. The largest absolute Gasteiger partial charge is 0.334 e. The van der Waals surface area contributed by atoms with Crippen LogP contribution in [-0.4, -0.2) is 44.4 Å². The van der Waals surface area contributed by atoms with Crippen LogP contribution in [0, 0.1) is 20.8 Å². The summed E-state index contributed by atoms with van der Waals surface area (Å²) in [7, 11) is 0.